The summed E-state index contributed by atoms with van der Waals surface area (Å²) in [6, 6.07) is 5.59. The molecule has 2 atom stereocenters. The number of rotatable bonds is 5. The van der Waals surface area contributed by atoms with Gasteiger partial charge in [-0.1, -0.05) is 47.5 Å². The lowest BCUT2D eigenvalue weighted by Gasteiger charge is -2.06. The minimum absolute atomic E-state index is 0.0431. The van der Waals surface area contributed by atoms with Crippen LogP contribution in [0.25, 0.3) is 0 Å². The van der Waals surface area contributed by atoms with Crippen LogP contribution in [0.5, 0.6) is 0 Å². The van der Waals surface area contributed by atoms with Gasteiger partial charge in [0.1, 0.15) is 0 Å². The van der Waals surface area contributed by atoms with E-state index in [1.54, 1.807) is 6.07 Å². The fraction of sp³-hybridized carbons (Fsp3) is 0.400. The molecule has 0 aliphatic heterocycles. The zero-order chi connectivity index (χ0) is 13.8. The van der Waals surface area contributed by atoms with Crippen LogP contribution in [0.2, 0.25) is 10.0 Å². The monoisotopic (exact) mass is 297 g/mol. The summed E-state index contributed by atoms with van der Waals surface area (Å²) >= 11 is 12.2. The van der Waals surface area contributed by atoms with Crippen molar-refractivity contribution in [2.24, 2.45) is 5.92 Å². The van der Waals surface area contributed by atoms with Crippen LogP contribution in [0.4, 0.5) is 0 Å². The Labute approximate surface area is 123 Å². The van der Waals surface area contributed by atoms with Crippen LogP contribution in [-0.2, 0) is 4.79 Å². The molecule has 2 rings (SSSR count). The van der Waals surface area contributed by atoms with Gasteiger partial charge in [0.15, 0.2) is 0 Å². The molecule has 0 heterocycles. The molecule has 2 unspecified atom stereocenters. The van der Waals surface area contributed by atoms with E-state index in [1.165, 1.54) is 0 Å². The average Bonchev–Trinajstić information content (AvgIpc) is 3.18. The van der Waals surface area contributed by atoms with Crippen molar-refractivity contribution in [1.82, 2.24) is 5.32 Å². The summed E-state index contributed by atoms with van der Waals surface area (Å²) in [5, 5.41) is 4.08. The van der Waals surface area contributed by atoms with E-state index in [2.05, 4.69) is 5.32 Å². The molecule has 1 aromatic rings. The van der Waals surface area contributed by atoms with Gasteiger partial charge in [-0.15, -0.1) is 0 Å². The molecular weight excluding hydrogens is 281 g/mol. The highest BCUT2D eigenvalue weighted by atomic mass is 35.5. The van der Waals surface area contributed by atoms with Crippen molar-refractivity contribution in [3.63, 3.8) is 0 Å². The van der Waals surface area contributed by atoms with Crippen LogP contribution >= 0.6 is 23.2 Å². The standard InChI is InChI=1S/C15H17Cl2NO/c1-2-3-4-8-18-15(19)12-9-11(12)10-6-5-7-13(16)14(10)17/h2-3,5-7,11-12H,4,8-9H2,1H3,(H,18,19)/b3-2+. The first-order valence-corrected chi connectivity index (χ1v) is 7.23. The summed E-state index contributed by atoms with van der Waals surface area (Å²) < 4.78 is 0. The number of amides is 1. The molecule has 1 N–H and O–H groups in total. The van der Waals surface area contributed by atoms with Crippen molar-refractivity contribution in [1.29, 1.82) is 0 Å². The SMILES string of the molecule is C/C=C/CCNC(=O)C1CC1c1cccc(Cl)c1Cl. The number of carbonyl (C=O) groups is 1. The predicted octanol–water partition coefficient (Wildman–Crippen LogP) is 4.18. The van der Waals surface area contributed by atoms with Gasteiger partial charge in [-0.05, 0) is 37.3 Å². The number of halogens is 2. The Balaban J connectivity index is 1.90. The molecule has 2 nitrogen and oxygen atoms in total. The first kappa shape index (κ1) is 14.4. The lowest BCUT2D eigenvalue weighted by Crippen LogP contribution is -2.26. The van der Waals surface area contributed by atoms with Gasteiger partial charge in [0, 0.05) is 12.5 Å². The lowest BCUT2D eigenvalue weighted by atomic mass is 10.1. The molecule has 19 heavy (non-hydrogen) atoms. The van der Waals surface area contributed by atoms with Crippen molar-refractivity contribution in [2.75, 3.05) is 6.54 Å². The van der Waals surface area contributed by atoms with Gasteiger partial charge in [-0.25, -0.2) is 0 Å². The molecule has 1 aliphatic carbocycles. The number of hydrogen-bond donors (Lipinski definition) is 1. The minimum atomic E-state index is 0.0431. The fourth-order valence-electron chi connectivity index (χ4n) is 2.21. The number of allylic oxidation sites excluding steroid dienone is 1. The molecule has 0 saturated heterocycles. The zero-order valence-corrected chi connectivity index (χ0v) is 12.3. The first-order valence-electron chi connectivity index (χ1n) is 6.48. The highest BCUT2D eigenvalue weighted by Gasteiger charge is 2.44. The summed E-state index contributed by atoms with van der Waals surface area (Å²) in [4.78, 5) is 11.9. The molecule has 0 bridgehead atoms. The summed E-state index contributed by atoms with van der Waals surface area (Å²) in [6.45, 7) is 2.66. The predicted molar refractivity (Wildman–Crippen MR) is 79.8 cm³/mol. The fourth-order valence-corrected chi connectivity index (χ4v) is 2.66. The second kappa shape index (κ2) is 6.44. The second-order valence-electron chi connectivity index (χ2n) is 4.74. The molecule has 1 amide bonds. The largest absolute Gasteiger partial charge is 0.356 e. The number of benzene rings is 1. The molecule has 102 valence electrons. The van der Waals surface area contributed by atoms with E-state index >= 15 is 0 Å². The Morgan fingerprint density at radius 2 is 2.26 bits per heavy atom. The van der Waals surface area contributed by atoms with Gasteiger partial charge >= 0.3 is 0 Å². The molecule has 0 spiro atoms. The summed E-state index contributed by atoms with van der Waals surface area (Å²) in [7, 11) is 0. The van der Waals surface area contributed by atoms with E-state index in [9.17, 15) is 4.79 Å². The van der Waals surface area contributed by atoms with Crippen LogP contribution in [-0.4, -0.2) is 12.5 Å². The minimum Gasteiger partial charge on any atom is -0.356 e. The van der Waals surface area contributed by atoms with Crippen molar-refractivity contribution < 1.29 is 4.79 Å². The maximum Gasteiger partial charge on any atom is 0.223 e. The van der Waals surface area contributed by atoms with Crippen molar-refractivity contribution >= 4 is 29.1 Å². The summed E-state index contributed by atoms with van der Waals surface area (Å²) in [5.41, 5.74) is 0.989. The van der Waals surface area contributed by atoms with E-state index in [0.29, 0.717) is 16.6 Å². The van der Waals surface area contributed by atoms with E-state index < -0.39 is 0 Å². The molecule has 1 aliphatic rings. The first-order chi connectivity index (χ1) is 9.15. The summed E-state index contributed by atoms with van der Waals surface area (Å²) in [6.07, 6.45) is 5.75. The second-order valence-corrected chi connectivity index (χ2v) is 5.53. The van der Waals surface area contributed by atoms with E-state index in [0.717, 1.165) is 18.4 Å². The zero-order valence-electron chi connectivity index (χ0n) is 10.8. The highest BCUT2D eigenvalue weighted by Crippen LogP contribution is 2.50. The molecule has 0 aromatic heterocycles. The third-order valence-corrected chi connectivity index (χ3v) is 4.19. The Kier molecular flexibility index (Phi) is 4.89. The van der Waals surface area contributed by atoms with Crippen LogP contribution < -0.4 is 5.32 Å². The molecule has 4 heteroatoms. The topological polar surface area (TPSA) is 29.1 Å². The molecule has 1 saturated carbocycles. The Hall–Kier alpha value is -0.990. The van der Waals surface area contributed by atoms with Gasteiger partial charge in [-0.3, -0.25) is 4.79 Å². The lowest BCUT2D eigenvalue weighted by molar-refractivity contribution is -0.122. The van der Waals surface area contributed by atoms with Gasteiger partial charge in [0.05, 0.1) is 10.0 Å². The number of nitrogens with one attached hydrogen (secondary N) is 1. The number of hydrogen-bond acceptors (Lipinski definition) is 1. The van der Waals surface area contributed by atoms with Crippen molar-refractivity contribution in [3.05, 3.63) is 46.0 Å². The van der Waals surface area contributed by atoms with Gasteiger partial charge in [0.2, 0.25) is 5.91 Å². The quantitative estimate of drug-likeness (QED) is 0.641. The normalized spacial score (nSPS) is 21.6. The Bertz CT molecular complexity index is 499. The maximum atomic E-state index is 11.9. The van der Waals surface area contributed by atoms with Crippen molar-refractivity contribution in [2.45, 2.75) is 25.7 Å². The van der Waals surface area contributed by atoms with E-state index in [-0.39, 0.29) is 17.7 Å². The average molecular weight is 298 g/mol. The van der Waals surface area contributed by atoms with Crippen LogP contribution in [0.15, 0.2) is 30.4 Å². The van der Waals surface area contributed by atoms with Crippen molar-refractivity contribution in [3.8, 4) is 0 Å². The molecule has 1 aromatic carbocycles. The molecule has 0 radical (unpaired) electrons. The van der Waals surface area contributed by atoms with Crippen LogP contribution in [0, 0.1) is 5.92 Å². The highest BCUT2D eigenvalue weighted by molar-refractivity contribution is 6.42. The molecular formula is C15H17Cl2NO. The van der Waals surface area contributed by atoms with Gasteiger partial charge < -0.3 is 5.32 Å². The van der Waals surface area contributed by atoms with E-state index in [1.807, 2.05) is 31.2 Å². The molecule has 1 fully saturated rings. The van der Waals surface area contributed by atoms with E-state index in [4.69, 9.17) is 23.2 Å². The van der Waals surface area contributed by atoms with Gasteiger partial charge in [-0.2, -0.15) is 0 Å². The van der Waals surface area contributed by atoms with Crippen LogP contribution in [0.3, 0.4) is 0 Å². The Morgan fingerprint density at radius 3 is 3.00 bits per heavy atom. The third-order valence-electron chi connectivity index (χ3n) is 3.35. The summed E-state index contributed by atoms with van der Waals surface area (Å²) in [5.74, 6) is 0.375. The number of carbonyl (C=O) groups excluding carboxylic acids is 1. The Morgan fingerprint density at radius 1 is 1.47 bits per heavy atom. The van der Waals surface area contributed by atoms with Gasteiger partial charge in [0.25, 0.3) is 0 Å². The smallest absolute Gasteiger partial charge is 0.223 e. The maximum absolute atomic E-state index is 11.9. The van der Waals surface area contributed by atoms with Crippen LogP contribution in [0.1, 0.15) is 31.2 Å². The third kappa shape index (κ3) is 3.52.